The van der Waals surface area contributed by atoms with Crippen molar-refractivity contribution < 1.29 is 9.53 Å². The average Bonchev–Trinajstić information content (AvgIpc) is 2.38. The summed E-state index contributed by atoms with van der Waals surface area (Å²) < 4.78 is 5.31. The van der Waals surface area contributed by atoms with Crippen molar-refractivity contribution in [1.29, 1.82) is 0 Å². The van der Waals surface area contributed by atoms with Crippen LogP contribution in [0.15, 0.2) is 29.4 Å². The average molecular weight is 283 g/mol. The highest BCUT2D eigenvalue weighted by atomic mass is 35.5. The molecule has 1 aromatic rings. The number of nitrogens with zero attached hydrogens (tertiary/aromatic N) is 1. The molecule has 0 atom stereocenters. The summed E-state index contributed by atoms with van der Waals surface area (Å²) in [5.74, 6) is 0.645. The molecule has 19 heavy (non-hydrogen) atoms. The predicted molar refractivity (Wildman–Crippen MR) is 77.7 cm³/mol. The van der Waals surface area contributed by atoms with E-state index in [0.717, 1.165) is 12.1 Å². The lowest BCUT2D eigenvalue weighted by Crippen LogP contribution is -2.26. The lowest BCUT2D eigenvalue weighted by molar-refractivity contribution is -0.123. The highest BCUT2D eigenvalue weighted by Gasteiger charge is 2.05. The summed E-state index contributed by atoms with van der Waals surface area (Å²) in [5.41, 5.74) is 3.45. The van der Waals surface area contributed by atoms with Gasteiger partial charge in [-0.25, -0.2) is 5.43 Å². The molecule has 0 heterocycles. The Bertz CT molecular complexity index is 441. The Morgan fingerprint density at radius 2 is 2.00 bits per heavy atom. The van der Waals surface area contributed by atoms with E-state index < -0.39 is 0 Å². The molecule has 0 bridgehead atoms. The van der Waals surface area contributed by atoms with E-state index in [1.54, 1.807) is 24.3 Å². The summed E-state index contributed by atoms with van der Waals surface area (Å²) in [4.78, 5) is 11.6. The maximum atomic E-state index is 11.6. The topological polar surface area (TPSA) is 50.7 Å². The van der Waals surface area contributed by atoms with Crippen LogP contribution in [0, 0.1) is 5.92 Å². The second-order valence-corrected chi connectivity index (χ2v) is 4.83. The van der Waals surface area contributed by atoms with Gasteiger partial charge in [0.2, 0.25) is 0 Å². The van der Waals surface area contributed by atoms with E-state index in [1.807, 2.05) is 20.8 Å². The third kappa shape index (κ3) is 5.75. The van der Waals surface area contributed by atoms with Crippen molar-refractivity contribution >= 4 is 23.2 Å². The largest absolute Gasteiger partial charge is 0.484 e. The summed E-state index contributed by atoms with van der Waals surface area (Å²) in [6.45, 7) is 6.02. The van der Waals surface area contributed by atoms with Crippen LogP contribution in [0.1, 0.15) is 27.2 Å². The number of hydrazone groups is 1. The number of halogens is 1. The van der Waals surface area contributed by atoms with Gasteiger partial charge in [-0.3, -0.25) is 4.79 Å². The van der Waals surface area contributed by atoms with Crippen molar-refractivity contribution in [3.05, 3.63) is 29.3 Å². The first-order valence-corrected chi connectivity index (χ1v) is 6.64. The molecule has 0 spiro atoms. The number of ether oxygens (including phenoxy) is 1. The molecule has 5 heteroatoms. The number of nitrogens with one attached hydrogen (secondary N) is 1. The van der Waals surface area contributed by atoms with Gasteiger partial charge in [0.15, 0.2) is 6.61 Å². The Labute approximate surface area is 118 Å². The molecule has 104 valence electrons. The second-order valence-electron chi connectivity index (χ2n) is 4.39. The monoisotopic (exact) mass is 282 g/mol. The summed E-state index contributed by atoms with van der Waals surface area (Å²) >= 11 is 5.75. The second kappa shape index (κ2) is 7.79. The van der Waals surface area contributed by atoms with Crippen LogP contribution in [0.5, 0.6) is 5.75 Å². The number of rotatable bonds is 6. The van der Waals surface area contributed by atoms with Crippen molar-refractivity contribution in [2.45, 2.75) is 27.2 Å². The number of hydrogen-bond acceptors (Lipinski definition) is 3. The fourth-order valence-corrected chi connectivity index (χ4v) is 1.59. The minimum atomic E-state index is -0.276. The maximum Gasteiger partial charge on any atom is 0.277 e. The van der Waals surface area contributed by atoms with E-state index in [-0.39, 0.29) is 12.5 Å². The lowest BCUT2D eigenvalue weighted by Gasteiger charge is -2.08. The molecule has 1 N–H and O–H groups in total. The fraction of sp³-hybridized carbons (Fsp3) is 0.429. The Morgan fingerprint density at radius 1 is 1.37 bits per heavy atom. The molecule has 0 saturated heterocycles. The van der Waals surface area contributed by atoms with E-state index in [9.17, 15) is 4.79 Å². The molecular formula is C14H19ClN2O2. The molecule has 0 saturated carbocycles. The third-order valence-electron chi connectivity index (χ3n) is 2.54. The molecule has 0 fully saturated rings. The zero-order chi connectivity index (χ0) is 14.3. The molecule has 0 unspecified atom stereocenters. The number of carbonyl (C=O) groups excluding carboxylic acids is 1. The lowest BCUT2D eigenvalue weighted by atomic mass is 10.1. The number of carbonyl (C=O) groups is 1. The minimum Gasteiger partial charge on any atom is -0.484 e. The molecular weight excluding hydrogens is 264 g/mol. The molecule has 0 radical (unpaired) electrons. The van der Waals surface area contributed by atoms with Gasteiger partial charge in [-0.1, -0.05) is 32.4 Å². The first-order valence-electron chi connectivity index (χ1n) is 6.26. The number of amides is 1. The van der Waals surface area contributed by atoms with Gasteiger partial charge in [0, 0.05) is 10.7 Å². The smallest absolute Gasteiger partial charge is 0.277 e. The Kier molecular flexibility index (Phi) is 6.36. The highest BCUT2D eigenvalue weighted by Crippen LogP contribution is 2.15. The molecule has 0 aliphatic rings. The Morgan fingerprint density at radius 3 is 2.53 bits per heavy atom. The van der Waals surface area contributed by atoms with Crippen LogP contribution in [0.3, 0.4) is 0 Å². The van der Waals surface area contributed by atoms with Crippen LogP contribution in [0.2, 0.25) is 5.02 Å². The van der Waals surface area contributed by atoms with Gasteiger partial charge in [-0.05, 0) is 36.6 Å². The minimum absolute atomic E-state index is 0.0692. The zero-order valence-electron chi connectivity index (χ0n) is 11.4. The normalized spacial score (nSPS) is 11.5. The summed E-state index contributed by atoms with van der Waals surface area (Å²) in [7, 11) is 0. The fourth-order valence-electron chi connectivity index (χ4n) is 1.46. The summed E-state index contributed by atoms with van der Waals surface area (Å²) in [6.07, 6.45) is 0.815. The van der Waals surface area contributed by atoms with E-state index >= 15 is 0 Å². The Hall–Kier alpha value is -1.55. The molecule has 0 aliphatic carbocycles. The van der Waals surface area contributed by atoms with E-state index in [1.165, 1.54) is 0 Å². The molecule has 1 rings (SSSR count). The van der Waals surface area contributed by atoms with Gasteiger partial charge in [-0.15, -0.1) is 0 Å². The molecule has 0 aliphatic heterocycles. The SMILES string of the molecule is CC/C(=N/NC(=O)COc1ccc(Cl)cc1)C(C)C. The van der Waals surface area contributed by atoms with Crippen LogP contribution < -0.4 is 10.2 Å². The summed E-state index contributed by atoms with van der Waals surface area (Å²) in [6, 6.07) is 6.84. The molecule has 1 amide bonds. The molecule has 4 nitrogen and oxygen atoms in total. The molecule has 1 aromatic carbocycles. The van der Waals surface area contributed by atoms with Crippen LogP contribution in [0.4, 0.5) is 0 Å². The van der Waals surface area contributed by atoms with Gasteiger partial charge < -0.3 is 4.74 Å². The van der Waals surface area contributed by atoms with Gasteiger partial charge >= 0.3 is 0 Å². The van der Waals surface area contributed by atoms with Crippen molar-refractivity contribution in [3.63, 3.8) is 0 Å². The molecule has 0 aromatic heterocycles. The highest BCUT2D eigenvalue weighted by molar-refractivity contribution is 6.30. The number of hydrogen-bond donors (Lipinski definition) is 1. The quantitative estimate of drug-likeness (QED) is 0.643. The third-order valence-corrected chi connectivity index (χ3v) is 2.79. The van der Waals surface area contributed by atoms with Crippen LogP contribution in [-0.2, 0) is 4.79 Å². The van der Waals surface area contributed by atoms with Crippen molar-refractivity contribution in [1.82, 2.24) is 5.43 Å². The van der Waals surface area contributed by atoms with Crippen molar-refractivity contribution in [2.24, 2.45) is 11.0 Å². The van der Waals surface area contributed by atoms with Gasteiger partial charge in [-0.2, -0.15) is 5.10 Å². The standard InChI is InChI=1S/C14H19ClN2O2/c1-4-13(10(2)3)16-17-14(18)9-19-12-7-5-11(15)6-8-12/h5-8,10H,4,9H2,1-3H3,(H,17,18)/b16-13-. The number of benzene rings is 1. The van der Waals surface area contributed by atoms with E-state index in [4.69, 9.17) is 16.3 Å². The maximum absolute atomic E-state index is 11.6. The van der Waals surface area contributed by atoms with Crippen molar-refractivity contribution in [3.8, 4) is 5.75 Å². The van der Waals surface area contributed by atoms with E-state index in [0.29, 0.717) is 16.7 Å². The van der Waals surface area contributed by atoms with Gasteiger partial charge in [0.05, 0.1) is 0 Å². The predicted octanol–water partition coefficient (Wildman–Crippen LogP) is 3.26. The summed E-state index contributed by atoms with van der Waals surface area (Å²) in [5, 5.41) is 4.71. The van der Waals surface area contributed by atoms with Crippen LogP contribution in [-0.4, -0.2) is 18.2 Å². The van der Waals surface area contributed by atoms with Gasteiger partial charge in [0.25, 0.3) is 5.91 Å². The van der Waals surface area contributed by atoms with Gasteiger partial charge in [0.1, 0.15) is 5.75 Å². The first kappa shape index (κ1) is 15.5. The van der Waals surface area contributed by atoms with Crippen LogP contribution in [0.25, 0.3) is 0 Å². The first-order chi connectivity index (χ1) is 9.02. The van der Waals surface area contributed by atoms with E-state index in [2.05, 4.69) is 10.5 Å². The van der Waals surface area contributed by atoms with Crippen molar-refractivity contribution in [2.75, 3.05) is 6.61 Å². The van der Waals surface area contributed by atoms with Crippen LogP contribution >= 0.6 is 11.6 Å². The zero-order valence-corrected chi connectivity index (χ0v) is 12.2. The Balaban J connectivity index is 2.41.